The van der Waals surface area contributed by atoms with E-state index in [0.29, 0.717) is 17.2 Å². The molecule has 1 unspecified atom stereocenters. The second-order valence-corrected chi connectivity index (χ2v) is 6.09. The number of nitrogens with zero attached hydrogens (tertiary/aromatic N) is 2. The predicted molar refractivity (Wildman–Crippen MR) is 80.7 cm³/mol. The normalized spacial score (nSPS) is 20.8. The summed E-state index contributed by atoms with van der Waals surface area (Å²) in [4.78, 5) is 4.51. The molecule has 0 bridgehead atoms. The molecule has 1 aromatic rings. The van der Waals surface area contributed by atoms with Crippen LogP contribution in [-0.2, 0) is 0 Å². The Labute approximate surface area is 121 Å². The lowest BCUT2D eigenvalue weighted by Crippen LogP contribution is -2.38. The molecule has 1 N–H and O–H groups in total. The van der Waals surface area contributed by atoms with Gasteiger partial charge in [0.25, 0.3) is 0 Å². The lowest BCUT2D eigenvalue weighted by molar-refractivity contribution is 0.199. The number of aliphatic hydroxyl groups excluding tert-OH is 1. The molecule has 1 aliphatic heterocycles. The van der Waals surface area contributed by atoms with Crippen molar-refractivity contribution in [3.63, 3.8) is 0 Å². The first kappa shape index (κ1) is 15.3. The zero-order valence-electron chi connectivity index (χ0n) is 12.9. The molecule has 0 spiro atoms. The largest absolute Gasteiger partial charge is 0.389 e. The molecule has 1 heterocycles. The lowest BCUT2D eigenvalue weighted by Gasteiger charge is -2.31. The average molecular weight is 280 g/mol. The molecule has 0 aromatic heterocycles. The Balaban J connectivity index is 2.37. The summed E-state index contributed by atoms with van der Waals surface area (Å²) in [6, 6.07) is 3.80. The lowest BCUT2D eigenvalue weighted by atomic mass is 10.0. The third-order valence-corrected chi connectivity index (χ3v) is 4.02. The number of rotatable bonds is 4. The molecule has 1 fully saturated rings. The quantitative estimate of drug-likeness (QED) is 0.918. The Morgan fingerprint density at radius 2 is 2.15 bits per heavy atom. The Morgan fingerprint density at radius 3 is 2.75 bits per heavy atom. The highest BCUT2D eigenvalue weighted by atomic mass is 19.1. The first-order chi connectivity index (χ1) is 9.40. The molecule has 0 saturated carbocycles. The van der Waals surface area contributed by atoms with Gasteiger partial charge >= 0.3 is 0 Å². The molecule has 0 radical (unpaired) electrons. The van der Waals surface area contributed by atoms with Gasteiger partial charge in [-0.3, -0.25) is 0 Å². The molecule has 3 nitrogen and oxygen atoms in total. The van der Waals surface area contributed by atoms with Gasteiger partial charge in [0.1, 0.15) is 5.82 Å². The predicted octanol–water partition coefficient (Wildman–Crippen LogP) is 2.72. The number of aliphatic hydroxyl groups is 1. The van der Waals surface area contributed by atoms with E-state index in [9.17, 15) is 9.50 Å². The van der Waals surface area contributed by atoms with Crippen molar-refractivity contribution in [1.29, 1.82) is 0 Å². The molecule has 0 aliphatic carbocycles. The number of aryl methyl sites for hydroxylation is 1. The number of hydrogen-bond acceptors (Lipinski definition) is 3. The molecule has 0 amide bonds. The van der Waals surface area contributed by atoms with Gasteiger partial charge in [0.2, 0.25) is 0 Å². The van der Waals surface area contributed by atoms with Crippen LogP contribution in [0.2, 0.25) is 0 Å². The van der Waals surface area contributed by atoms with Gasteiger partial charge in [-0.2, -0.15) is 0 Å². The van der Waals surface area contributed by atoms with Crippen LogP contribution in [0, 0.1) is 12.7 Å². The molecule has 1 aromatic carbocycles. The number of hydrogen-bond donors (Lipinski definition) is 1. The monoisotopic (exact) mass is 280 g/mol. The Bertz CT molecular complexity index is 474. The highest BCUT2D eigenvalue weighted by molar-refractivity contribution is 5.58. The van der Waals surface area contributed by atoms with Crippen LogP contribution in [0.1, 0.15) is 37.0 Å². The van der Waals surface area contributed by atoms with Crippen molar-refractivity contribution in [2.75, 3.05) is 32.1 Å². The summed E-state index contributed by atoms with van der Waals surface area (Å²) in [5.41, 5.74) is 2.32. The van der Waals surface area contributed by atoms with Gasteiger partial charge in [-0.25, -0.2) is 4.39 Å². The zero-order chi connectivity index (χ0) is 14.9. The molecule has 2 atom stereocenters. The van der Waals surface area contributed by atoms with E-state index in [1.807, 2.05) is 6.07 Å². The Morgan fingerprint density at radius 1 is 1.45 bits per heavy atom. The van der Waals surface area contributed by atoms with E-state index >= 15 is 0 Å². The van der Waals surface area contributed by atoms with Crippen molar-refractivity contribution in [3.05, 3.63) is 29.1 Å². The van der Waals surface area contributed by atoms with E-state index in [1.165, 1.54) is 6.07 Å². The molecule has 112 valence electrons. The van der Waals surface area contributed by atoms with Crippen molar-refractivity contribution in [2.45, 2.75) is 38.8 Å². The maximum atomic E-state index is 13.8. The fourth-order valence-electron chi connectivity index (χ4n) is 3.03. The van der Waals surface area contributed by atoms with Crippen LogP contribution in [0.15, 0.2) is 12.1 Å². The topological polar surface area (TPSA) is 26.7 Å². The van der Waals surface area contributed by atoms with Crippen LogP contribution in [0.3, 0.4) is 0 Å². The fourth-order valence-corrected chi connectivity index (χ4v) is 3.03. The maximum absolute atomic E-state index is 13.8. The summed E-state index contributed by atoms with van der Waals surface area (Å²) in [7, 11) is 4.14. The minimum atomic E-state index is -0.652. The molecular weight excluding hydrogens is 255 g/mol. The van der Waals surface area contributed by atoms with Gasteiger partial charge in [-0.05, 0) is 58.5 Å². The molecule has 4 heteroatoms. The second-order valence-electron chi connectivity index (χ2n) is 6.09. The van der Waals surface area contributed by atoms with Crippen molar-refractivity contribution in [2.24, 2.45) is 0 Å². The molecular formula is C16H25FN2O. The second kappa shape index (κ2) is 6.10. The number of likely N-dealkylation sites (N-methyl/N-ethyl adjacent to an activating group) is 1. The fraction of sp³-hybridized carbons (Fsp3) is 0.625. The summed E-state index contributed by atoms with van der Waals surface area (Å²) in [6.45, 7) is 5.44. The molecule has 1 saturated heterocycles. The van der Waals surface area contributed by atoms with Crippen LogP contribution < -0.4 is 4.90 Å². The number of benzene rings is 1. The van der Waals surface area contributed by atoms with E-state index in [1.54, 1.807) is 13.8 Å². The van der Waals surface area contributed by atoms with E-state index in [2.05, 4.69) is 23.9 Å². The van der Waals surface area contributed by atoms with Crippen LogP contribution in [0.25, 0.3) is 0 Å². The zero-order valence-corrected chi connectivity index (χ0v) is 12.9. The highest BCUT2D eigenvalue weighted by Gasteiger charge is 2.28. The smallest absolute Gasteiger partial charge is 0.126 e. The van der Waals surface area contributed by atoms with Crippen LogP contribution >= 0.6 is 0 Å². The number of anilines is 1. The minimum absolute atomic E-state index is 0.243. The summed E-state index contributed by atoms with van der Waals surface area (Å²) in [5, 5.41) is 9.94. The van der Waals surface area contributed by atoms with Crippen molar-refractivity contribution in [3.8, 4) is 0 Å². The van der Waals surface area contributed by atoms with Crippen LogP contribution in [-0.4, -0.2) is 43.2 Å². The van der Waals surface area contributed by atoms with E-state index in [-0.39, 0.29) is 5.82 Å². The summed E-state index contributed by atoms with van der Waals surface area (Å²) in [6.07, 6.45) is 1.64. The van der Waals surface area contributed by atoms with Crippen molar-refractivity contribution >= 4 is 5.69 Å². The van der Waals surface area contributed by atoms with Gasteiger partial charge in [0.05, 0.1) is 6.10 Å². The first-order valence-corrected chi connectivity index (χ1v) is 7.29. The molecule has 2 rings (SSSR count). The van der Waals surface area contributed by atoms with Crippen LogP contribution in [0.5, 0.6) is 0 Å². The van der Waals surface area contributed by atoms with Gasteiger partial charge < -0.3 is 14.9 Å². The first-order valence-electron chi connectivity index (χ1n) is 7.29. The van der Waals surface area contributed by atoms with Gasteiger partial charge in [-0.1, -0.05) is 0 Å². The Hall–Kier alpha value is -1.13. The van der Waals surface area contributed by atoms with Gasteiger partial charge in [-0.15, -0.1) is 0 Å². The van der Waals surface area contributed by atoms with Gasteiger partial charge in [0, 0.05) is 30.4 Å². The maximum Gasteiger partial charge on any atom is 0.126 e. The third kappa shape index (κ3) is 3.13. The van der Waals surface area contributed by atoms with E-state index in [0.717, 1.165) is 31.6 Å². The van der Waals surface area contributed by atoms with E-state index in [4.69, 9.17) is 0 Å². The average Bonchev–Trinajstić information content (AvgIpc) is 2.79. The SMILES string of the molecule is Cc1cc(N2CCCC2CN(C)C)c([C@@H](C)O)cc1F. The third-order valence-electron chi connectivity index (χ3n) is 4.02. The summed E-state index contributed by atoms with van der Waals surface area (Å²) in [5.74, 6) is -0.243. The number of halogens is 1. The Kier molecular flexibility index (Phi) is 4.66. The van der Waals surface area contributed by atoms with Crippen LogP contribution in [0.4, 0.5) is 10.1 Å². The summed E-state index contributed by atoms with van der Waals surface area (Å²) >= 11 is 0. The highest BCUT2D eigenvalue weighted by Crippen LogP contribution is 2.34. The minimum Gasteiger partial charge on any atom is -0.389 e. The molecule has 20 heavy (non-hydrogen) atoms. The van der Waals surface area contributed by atoms with Crippen molar-refractivity contribution < 1.29 is 9.50 Å². The van der Waals surface area contributed by atoms with Gasteiger partial charge in [0.15, 0.2) is 0 Å². The molecule has 1 aliphatic rings. The van der Waals surface area contributed by atoms with Crippen molar-refractivity contribution in [1.82, 2.24) is 4.90 Å². The standard InChI is InChI=1S/C16H25FN2O/c1-11-8-16(14(12(2)20)9-15(11)17)19-7-5-6-13(19)10-18(3)4/h8-9,12-13,20H,5-7,10H2,1-4H3/t12-,13?/m1/s1. The summed E-state index contributed by atoms with van der Waals surface area (Å²) < 4.78 is 13.8. The van der Waals surface area contributed by atoms with E-state index < -0.39 is 6.10 Å².